The SMILES string of the molecule is CCn1ccnc1CN1CCCC2(CCC(=O)N(Cc3cnc(C)cn3)C2)C1. The van der Waals surface area contributed by atoms with Gasteiger partial charge in [-0.05, 0) is 39.7 Å². The minimum absolute atomic E-state index is 0.188. The zero-order valence-electron chi connectivity index (χ0n) is 17.0. The van der Waals surface area contributed by atoms with Gasteiger partial charge in [0.2, 0.25) is 5.91 Å². The minimum Gasteiger partial charge on any atom is -0.336 e. The monoisotopic (exact) mass is 382 g/mol. The normalized spacial score (nSPS) is 23.5. The minimum atomic E-state index is 0.188. The first-order chi connectivity index (χ1) is 13.6. The highest BCUT2D eigenvalue weighted by Crippen LogP contribution is 2.39. The van der Waals surface area contributed by atoms with Crippen LogP contribution < -0.4 is 0 Å². The van der Waals surface area contributed by atoms with Gasteiger partial charge in [-0.1, -0.05) is 0 Å². The van der Waals surface area contributed by atoms with Crippen LogP contribution in [0.2, 0.25) is 0 Å². The molecule has 4 rings (SSSR count). The Morgan fingerprint density at radius 3 is 2.79 bits per heavy atom. The highest BCUT2D eigenvalue weighted by atomic mass is 16.2. The van der Waals surface area contributed by atoms with E-state index in [9.17, 15) is 4.79 Å². The van der Waals surface area contributed by atoms with Crippen molar-refractivity contribution >= 4 is 5.91 Å². The Bertz CT molecular complexity index is 817. The summed E-state index contributed by atoms with van der Waals surface area (Å²) in [5, 5.41) is 0. The summed E-state index contributed by atoms with van der Waals surface area (Å²) in [5.41, 5.74) is 1.96. The van der Waals surface area contributed by atoms with Crippen molar-refractivity contribution in [3.8, 4) is 0 Å². The number of aromatic nitrogens is 4. The number of aryl methyl sites for hydroxylation is 2. The Hall–Kier alpha value is -2.28. The van der Waals surface area contributed by atoms with Crippen LogP contribution in [0.3, 0.4) is 0 Å². The average molecular weight is 383 g/mol. The van der Waals surface area contributed by atoms with Crippen molar-refractivity contribution in [1.82, 2.24) is 29.3 Å². The van der Waals surface area contributed by atoms with Crippen molar-refractivity contribution in [1.29, 1.82) is 0 Å². The van der Waals surface area contributed by atoms with Crippen LogP contribution in [-0.2, 0) is 24.4 Å². The second-order valence-electron chi connectivity index (χ2n) is 8.34. The molecule has 2 fully saturated rings. The van der Waals surface area contributed by atoms with E-state index in [-0.39, 0.29) is 11.3 Å². The van der Waals surface area contributed by atoms with Crippen molar-refractivity contribution in [3.63, 3.8) is 0 Å². The lowest BCUT2D eigenvalue weighted by Crippen LogP contribution is -2.53. The van der Waals surface area contributed by atoms with Gasteiger partial charge in [0, 0.05) is 50.1 Å². The summed E-state index contributed by atoms with van der Waals surface area (Å²) >= 11 is 0. The maximum atomic E-state index is 12.6. The van der Waals surface area contributed by atoms with Crippen LogP contribution in [0.15, 0.2) is 24.8 Å². The van der Waals surface area contributed by atoms with E-state index >= 15 is 0 Å². The molecular weight excluding hydrogens is 352 g/mol. The number of nitrogens with zero attached hydrogens (tertiary/aromatic N) is 6. The van der Waals surface area contributed by atoms with Gasteiger partial charge in [0.15, 0.2) is 0 Å². The maximum Gasteiger partial charge on any atom is 0.222 e. The second kappa shape index (κ2) is 7.99. The first kappa shape index (κ1) is 19.1. The predicted molar refractivity (Wildman–Crippen MR) is 106 cm³/mol. The molecule has 2 aromatic rings. The van der Waals surface area contributed by atoms with Crippen LogP contribution in [0.25, 0.3) is 0 Å². The Balaban J connectivity index is 1.44. The zero-order chi connectivity index (χ0) is 19.6. The Labute approximate surface area is 166 Å². The fourth-order valence-corrected chi connectivity index (χ4v) is 4.70. The molecule has 0 aliphatic carbocycles. The summed E-state index contributed by atoms with van der Waals surface area (Å²) in [6, 6.07) is 0. The summed E-state index contributed by atoms with van der Waals surface area (Å²) in [6.07, 6.45) is 11.5. The predicted octanol–water partition coefficient (Wildman–Crippen LogP) is 2.41. The van der Waals surface area contributed by atoms with Crippen molar-refractivity contribution in [2.45, 2.75) is 59.2 Å². The lowest BCUT2D eigenvalue weighted by Gasteiger charge is -2.48. The molecule has 28 heavy (non-hydrogen) atoms. The summed E-state index contributed by atoms with van der Waals surface area (Å²) < 4.78 is 2.22. The molecule has 4 heterocycles. The average Bonchev–Trinajstić information content (AvgIpc) is 3.14. The van der Waals surface area contributed by atoms with Crippen molar-refractivity contribution in [3.05, 3.63) is 42.0 Å². The Morgan fingerprint density at radius 1 is 1.11 bits per heavy atom. The van der Waals surface area contributed by atoms with Crippen molar-refractivity contribution in [2.24, 2.45) is 5.41 Å². The van der Waals surface area contributed by atoms with Crippen LogP contribution in [0, 0.1) is 12.3 Å². The third-order valence-corrected chi connectivity index (χ3v) is 6.18. The van der Waals surface area contributed by atoms with E-state index in [4.69, 9.17) is 0 Å². The molecule has 0 aromatic carbocycles. The van der Waals surface area contributed by atoms with E-state index in [1.54, 1.807) is 12.4 Å². The zero-order valence-corrected chi connectivity index (χ0v) is 17.0. The van der Waals surface area contributed by atoms with E-state index in [1.165, 1.54) is 12.8 Å². The molecule has 2 saturated heterocycles. The van der Waals surface area contributed by atoms with Crippen molar-refractivity contribution < 1.29 is 4.79 Å². The van der Waals surface area contributed by atoms with Gasteiger partial charge in [-0.2, -0.15) is 0 Å². The molecule has 2 aliphatic rings. The van der Waals surface area contributed by atoms with E-state index in [1.807, 2.05) is 18.0 Å². The van der Waals surface area contributed by atoms with E-state index in [2.05, 4.69) is 37.5 Å². The molecule has 2 aromatic heterocycles. The third-order valence-electron chi connectivity index (χ3n) is 6.18. The molecule has 2 aliphatic heterocycles. The first-order valence-electron chi connectivity index (χ1n) is 10.3. The topological polar surface area (TPSA) is 67.2 Å². The molecule has 1 atom stereocenters. The summed E-state index contributed by atoms with van der Waals surface area (Å²) in [5.74, 6) is 1.38. The number of carbonyl (C=O) groups is 1. The van der Waals surface area contributed by atoms with Gasteiger partial charge in [0.05, 0.1) is 30.7 Å². The van der Waals surface area contributed by atoms with Crippen LogP contribution >= 0.6 is 0 Å². The summed E-state index contributed by atoms with van der Waals surface area (Å²) in [6.45, 7) is 9.45. The fraction of sp³-hybridized carbons (Fsp3) is 0.619. The van der Waals surface area contributed by atoms with Gasteiger partial charge >= 0.3 is 0 Å². The van der Waals surface area contributed by atoms with E-state index in [0.29, 0.717) is 13.0 Å². The largest absolute Gasteiger partial charge is 0.336 e. The van der Waals surface area contributed by atoms with Crippen LogP contribution in [0.4, 0.5) is 0 Å². The molecule has 1 spiro atoms. The number of hydrogen-bond acceptors (Lipinski definition) is 5. The highest BCUT2D eigenvalue weighted by molar-refractivity contribution is 5.77. The Morgan fingerprint density at radius 2 is 2.00 bits per heavy atom. The molecule has 7 heteroatoms. The van der Waals surface area contributed by atoms with Crippen LogP contribution in [0.1, 0.15) is 49.8 Å². The lowest BCUT2D eigenvalue weighted by molar-refractivity contribution is -0.140. The number of amides is 1. The third kappa shape index (κ3) is 4.09. The first-order valence-corrected chi connectivity index (χ1v) is 10.3. The molecule has 1 unspecified atom stereocenters. The van der Waals surface area contributed by atoms with Gasteiger partial charge in [-0.3, -0.25) is 19.7 Å². The second-order valence-corrected chi connectivity index (χ2v) is 8.34. The van der Waals surface area contributed by atoms with E-state index < -0.39 is 0 Å². The molecular formula is C21H30N6O. The van der Waals surface area contributed by atoms with Gasteiger partial charge in [-0.15, -0.1) is 0 Å². The summed E-state index contributed by atoms with van der Waals surface area (Å²) in [4.78, 5) is 30.4. The van der Waals surface area contributed by atoms with Crippen LogP contribution in [-0.4, -0.2) is 54.9 Å². The van der Waals surface area contributed by atoms with Gasteiger partial charge in [0.25, 0.3) is 0 Å². The lowest BCUT2D eigenvalue weighted by atomic mass is 9.73. The maximum absolute atomic E-state index is 12.6. The molecule has 1 amide bonds. The number of piperidine rings is 2. The smallest absolute Gasteiger partial charge is 0.222 e. The fourth-order valence-electron chi connectivity index (χ4n) is 4.70. The van der Waals surface area contributed by atoms with Gasteiger partial charge in [0.1, 0.15) is 5.82 Å². The molecule has 0 radical (unpaired) electrons. The highest BCUT2D eigenvalue weighted by Gasteiger charge is 2.41. The van der Waals surface area contributed by atoms with Crippen molar-refractivity contribution in [2.75, 3.05) is 19.6 Å². The van der Waals surface area contributed by atoms with Gasteiger partial charge in [-0.25, -0.2) is 4.98 Å². The van der Waals surface area contributed by atoms with Gasteiger partial charge < -0.3 is 9.47 Å². The number of likely N-dealkylation sites (tertiary alicyclic amines) is 2. The Kier molecular flexibility index (Phi) is 5.44. The number of rotatable bonds is 5. The van der Waals surface area contributed by atoms with E-state index in [0.717, 1.165) is 56.4 Å². The van der Waals surface area contributed by atoms with Crippen LogP contribution in [0.5, 0.6) is 0 Å². The number of hydrogen-bond donors (Lipinski definition) is 0. The molecule has 7 nitrogen and oxygen atoms in total. The quantitative estimate of drug-likeness (QED) is 0.794. The molecule has 0 N–H and O–H groups in total. The molecule has 0 bridgehead atoms. The number of carbonyl (C=O) groups excluding carboxylic acids is 1. The molecule has 150 valence electrons. The molecule has 0 saturated carbocycles. The number of imidazole rings is 1. The summed E-state index contributed by atoms with van der Waals surface area (Å²) in [7, 11) is 0. The standard InChI is InChI=1S/C21H30N6O/c1-3-26-10-8-22-19(26)14-25-9-4-6-21(15-25)7-5-20(28)27(16-21)13-18-12-23-17(2)11-24-18/h8,10-12H,3-7,9,13-16H2,1-2H3.